The van der Waals surface area contributed by atoms with Crippen molar-refractivity contribution >= 4 is 69.1 Å². The summed E-state index contributed by atoms with van der Waals surface area (Å²) in [5, 5.41) is 26.3. The quantitative estimate of drug-likeness (QED) is 0.0597. The van der Waals surface area contributed by atoms with Crippen LogP contribution in [0.4, 0.5) is 5.82 Å². The number of nitrogens with two attached hydrogens (primary N) is 1. The summed E-state index contributed by atoms with van der Waals surface area (Å²) in [6.07, 6.45) is -4.78. The lowest BCUT2D eigenvalue weighted by Gasteiger charge is -2.36. The second-order valence-electron chi connectivity index (χ2n) is 14.4. The number of phosphoric ester groups is 3. The van der Waals surface area contributed by atoms with E-state index >= 15 is 0 Å². The molecule has 0 saturated carbocycles. The van der Waals surface area contributed by atoms with E-state index in [-0.39, 0.29) is 47.5 Å². The molecule has 3 unspecified atom stereocenters. The van der Waals surface area contributed by atoms with Crippen molar-refractivity contribution in [3.05, 3.63) is 12.7 Å². The van der Waals surface area contributed by atoms with E-state index in [1.165, 1.54) is 13.8 Å². The SMILES string of the molecule is CC(C)CCCC(C)C(=O)SCCNC(=O)CCNC(=O)[C@H](O)C(C)(C)COP(=O)([O-])OP(=O)([O-])OC[C@H]1O[C@@H](n2cnc3c(N)ncnc32)[C@H](O)[C@@H]1OP(=O)([O-])[O-]. The molecule has 0 aromatic carbocycles. The highest BCUT2D eigenvalue weighted by Crippen LogP contribution is 2.56. The van der Waals surface area contributed by atoms with Crippen LogP contribution in [0.2, 0.25) is 0 Å². The number of aliphatic hydroxyl groups excluding tert-OH is 2. The molecule has 3 heterocycles. The fourth-order valence-corrected chi connectivity index (χ4v) is 8.89. The standard InChI is InChI=1S/C30H52N7O17P3S/c1-17(2)7-6-8-18(3)29(42)58-12-11-32-20(38)9-10-33-27(41)24(40)30(4,5)14-51-57(48,49)54-56(46,47)50-13-19-23(53-55(43,44)45)22(39)28(52-19)37-16-36-21-25(31)34-15-35-26(21)37/h15-19,22-24,28,39-40H,6-14H2,1-5H3,(H,32,38)(H,33,41)(H,46,47)(H,48,49)(H2,31,34,35)(H2,43,44,45)/p-4/t18?,19-,22-,23-,24+,28-/m1/s1. The average Bonchev–Trinajstić information content (AvgIpc) is 3.67. The molecule has 58 heavy (non-hydrogen) atoms. The van der Waals surface area contributed by atoms with E-state index in [0.717, 1.165) is 48.2 Å². The number of aromatic nitrogens is 4. The number of fused-ring (bicyclic) bond motifs is 1. The molecule has 2 aromatic heterocycles. The van der Waals surface area contributed by atoms with Gasteiger partial charge in [0.2, 0.25) is 11.8 Å². The summed E-state index contributed by atoms with van der Waals surface area (Å²) < 4.78 is 60.6. The Morgan fingerprint density at radius 2 is 1.71 bits per heavy atom. The third-order valence-electron chi connectivity index (χ3n) is 8.54. The van der Waals surface area contributed by atoms with Gasteiger partial charge in [-0.1, -0.05) is 59.2 Å². The molecule has 2 aromatic rings. The number of carbonyl (C=O) groups is 3. The number of amides is 2. The smallest absolute Gasteiger partial charge is 0.274 e. The van der Waals surface area contributed by atoms with Crippen LogP contribution in [-0.4, -0.2) is 103 Å². The number of hydrogen-bond donors (Lipinski definition) is 5. The topological polar surface area (TPSA) is 375 Å². The molecular formula is C30H48N7O17P3S-4. The number of hydrogen-bond acceptors (Lipinski definition) is 22. The predicted molar refractivity (Wildman–Crippen MR) is 196 cm³/mol. The Morgan fingerprint density at radius 1 is 1.03 bits per heavy atom. The van der Waals surface area contributed by atoms with Crippen molar-refractivity contribution in [2.24, 2.45) is 17.3 Å². The molecule has 6 N–H and O–H groups in total. The molecule has 0 radical (unpaired) electrons. The highest BCUT2D eigenvalue weighted by atomic mass is 32.2. The second-order valence-corrected chi connectivity index (χ2v) is 19.5. The van der Waals surface area contributed by atoms with Crippen LogP contribution in [0.25, 0.3) is 11.2 Å². The molecule has 3 rings (SSSR count). The zero-order valence-electron chi connectivity index (χ0n) is 32.2. The molecular weight excluding hydrogens is 855 g/mol. The third kappa shape index (κ3) is 15.5. The van der Waals surface area contributed by atoms with Crippen molar-refractivity contribution in [2.75, 3.05) is 37.8 Å². The van der Waals surface area contributed by atoms with Gasteiger partial charge in [-0.3, -0.25) is 28.1 Å². The van der Waals surface area contributed by atoms with Crippen molar-refractivity contribution in [1.82, 2.24) is 30.2 Å². The minimum Gasteiger partial charge on any atom is -0.790 e. The first-order chi connectivity index (χ1) is 26.8. The van der Waals surface area contributed by atoms with E-state index in [9.17, 15) is 57.9 Å². The van der Waals surface area contributed by atoms with E-state index in [4.69, 9.17) is 10.5 Å². The lowest BCUT2D eigenvalue weighted by atomic mass is 9.87. The molecule has 1 aliphatic heterocycles. The lowest BCUT2D eigenvalue weighted by molar-refractivity contribution is -0.347. The minimum absolute atomic E-state index is 0.0200. The van der Waals surface area contributed by atoms with E-state index < -0.39 is 84.6 Å². The first-order valence-corrected chi connectivity index (χ1v) is 23.2. The summed E-state index contributed by atoms with van der Waals surface area (Å²) >= 11 is 1.13. The number of anilines is 1. The van der Waals surface area contributed by atoms with Gasteiger partial charge in [0.15, 0.2) is 22.8 Å². The second kappa shape index (κ2) is 21.4. The highest BCUT2D eigenvalue weighted by Gasteiger charge is 2.47. The van der Waals surface area contributed by atoms with Crippen LogP contribution in [0, 0.1) is 17.3 Å². The number of aliphatic hydroxyl groups is 2. The van der Waals surface area contributed by atoms with Gasteiger partial charge in [-0.15, -0.1) is 0 Å². The summed E-state index contributed by atoms with van der Waals surface area (Å²) in [5.41, 5.74) is 4.08. The van der Waals surface area contributed by atoms with Crippen molar-refractivity contribution in [3.8, 4) is 0 Å². The van der Waals surface area contributed by atoms with Gasteiger partial charge in [-0.2, -0.15) is 0 Å². The van der Waals surface area contributed by atoms with Gasteiger partial charge in [0.1, 0.15) is 36.3 Å². The number of nitrogen functional groups attached to an aromatic ring is 1. The summed E-state index contributed by atoms with van der Waals surface area (Å²) in [7, 11) is -17.6. The van der Waals surface area contributed by atoms with Crippen LogP contribution >= 0.6 is 35.2 Å². The summed E-state index contributed by atoms with van der Waals surface area (Å²) in [5.74, 6) is -0.697. The number of nitrogens with zero attached hydrogens (tertiary/aromatic N) is 4. The van der Waals surface area contributed by atoms with Crippen LogP contribution in [0.1, 0.15) is 66.5 Å². The molecule has 1 saturated heterocycles. The molecule has 330 valence electrons. The Kier molecular flexibility index (Phi) is 18.4. The van der Waals surface area contributed by atoms with E-state index in [0.29, 0.717) is 11.7 Å². The Balaban J connectivity index is 1.46. The number of carbonyl (C=O) groups excluding carboxylic acids is 3. The molecule has 1 aliphatic rings. The molecule has 8 atom stereocenters. The molecule has 0 bridgehead atoms. The minimum atomic E-state index is -5.91. The number of rotatable bonds is 24. The summed E-state index contributed by atoms with van der Waals surface area (Å²) in [6, 6.07) is 0. The van der Waals surface area contributed by atoms with Gasteiger partial charge in [0.05, 0.1) is 27.4 Å². The van der Waals surface area contributed by atoms with Crippen LogP contribution < -0.4 is 35.9 Å². The zero-order valence-corrected chi connectivity index (χ0v) is 35.7. The van der Waals surface area contributed by atoms with E-state index in [1.54, 1.807) is 0 Å². The molecule has 1 fully saturated rings. The Hall–Kier alpha value is -2.44. The van der Waals surface area contributed by atoms with Crippen molar-refractivity contribution in [3.63, 3.8) is 0 Å². The first kappa shape index (κ1) is 49.9. The maximum absolute atomic E-state index is 12.6. The fourth-order valence-electron chi connectivity index (χ4n) is 5.35. The van der Waals surface area contributed by atoms with Crippen molar-refractivity contribution in [1.29, 1.82) is 0 Å². The van der Waals surface area contributed by atoms with Gasteiger partial charge in [0, 0.05) is 36.6 Å². The van der Waals surface area contributed by atoms with Crippen molar-refractivity contribution in [2.45, 2.75) is 90.9 Å². The lowest BCUT2D eigenvalue weighted by Crippen LogP contribution is -2.46. The van der Waals surface area contributed by atoms with Gasteiger partial charge >= 0.3 is 0 Å². The van der Waals surface area contributed by atoms with Crippen LogP contribution in [0.3, 0.4) is 0 Å². The maximum Gasteiger partial charge on any atom is 0.274 e. The molecule has 0 spiro atoms. The van der Waals surface area contributed by atoms with Crippen molar-refractivity contribution < 1.29 is 80.5 Å². The van der Waals surface area contributed by atoms with Gasteiger partial charge in [-0.05, 0) is 12.3 Å². The normalized spacial score (nSPS) is 22.0. The maximum atomic E-state index is 12.6. The molecule has 24 nitrogen and oxygen atoms in total. The number of nitrogens with one attached hydrogen (secondary N) is 2. The molecule has 2 amide bonds. The fraction of sp³-hybridized carbons (Fsp3) is 0.733. The zero-order chi connectivity index (χ0) is 43.6. The van der Waals surface area contributed by atoms with E-state index in [2.05, 4.69) is 57.3 Å². The monoisotopic (exact) mass is 903 g/mol. The largest absolute Gasteiger partial charge is 0.790 e. The molecule has 0 aliphatic carbocycles. The number of ether oxygens (including phenoxy) is 1. The van der Waals surface area contributed by atoms with Crippen LogP contribution in [-0.2, 0) is 50.7 Å². The summed E-state index contributed by atoms with van der Waals surface area (Å²) in [4.78, 5) is 96.5. The van der Waals surface area contributed by atoms with E-state index in [1.807, 2.05) is 6.92 Å². The summed E-state index contributed by atoms with van der Waals surface area (Å²) in [6.45, 7) is 6.25. The predicted octanol–water partition coefficient (Wildman–Crippen LogP) is -1.40. The van der Waals surface area contributed by atoms with Gasteiger partial charge in [-0.25, -0.2) is 19.3 Å². The number of thioether (sulfide) groups is 1. The Bertz CT molecular complexity index is 1870. The average molecular weight is 904 g/mol. The Morgan fingerprint density at radius 3 is 2.36 bits per heavy atom. The number of phosphoric acid groups is 3. The molecule has 28 heteroatoms. The Labute approximate surface area is 337 Å². The van der Waals surface area contributed by atoms with Gasteiger partial charge in [0.25, 0.3) is 15.6 Å². The third-order valence-corrected chi connectivity index (χ3v) is 12.6. The first-order valence-electron chi connectivity index (χ1n) is 17.8. The number of imidazole rings is 1. The van der Waals surface area contributed by atoms with Crippen LogP contribution in [0.15, 0.2) is 12.7 Å². The van der Waals surface area contributed by atoms with Crippen LogP contribution in [0.5, 0.6) is 0 Å². The van der Waals surface area contributed by atoms with Gasteiger partial charge < -0.3 is 69.0 Å². The highest BCUT2D eigenvalue weighted by molar-refractivity contribution is 8.13.